The number of methoxy groups -OCH3 is 1. The highest BCUT2D eigenvalue weighted by molar-refractivity contribution is 6.00. The molecule has 0 amide bonds. The largest absolute Gasteiger partial charge is 0.496 e. The summed E-state index contributed by atoms with van der Waals surface area (Å²) >= 11 is 0. The van der Waals surface area contributed by atoms with Gasteiger partial charge in [-0.3, -0.25) is 0 Å². The number of nitrogens with zero attached hydrogens (tertiary/aromatic N) is 1. The van der Waals surface area contributed by atoms with Crippen molar-refractivity contribution in [1.29, 1.82) is 0 Å². The van der Waals surface area contributed by atoms with E-state index in [0.717, 1.165) is 29.9 Å². The van der Waals surface area contributed by atoms with E-state index in [1.54, 1.807) is 13.2 Å². The summed E-state index contributed by atoms with van der Waals surface area (Å²) in [6, 6.07) is 6.23. The zero-order valence-corrected chi connectivity index (χ0v) is 13.3. The molecular formula is C17H27N3O. The van der Waals surface area contributed by atoms with Gasteiger partial charge in [0, 0.05) is 11.5 Å². The van der Waals surface area contributed by atoms with Crippen LogP contribution < -0.4 is 16.3 Å². The third kappa shape index (κ3) is 4.81. The minimum atomic E-state index is 0.108. The van der Waals surface area contributed by atoms with E-state index in [0.29, 0.717) is 0 Å². The van der Waals surface area contributed by atoms with Crippen molar-refractivity contribution in [3.63, 3.8) is 0 Å². The molecule has 1 aromatic carbocycles. The van der Waals surface area contributed by atoms with Crippen molar-refractivity contribution in [2.24, 2.45) is 16.7 Å². The Morgan fingerprint density at radius 2 is 2.14 bits per heavy atom. The van der Waals surface area contributed by atoms with Gasteiger partial charge in [-0.05, 0) is 37.3 Å². The van der Waals surface area contributed by atoms with Crippen LogP contribution in [0.3, 0.4) is 0 Å². The van der Waals surface area contributed by atoms with E-state index < -0.39 is 0 Å². The molecule has 116 valence electrons. The quantitative estimate of drug-likeness (QED) is 0.333. The summed E-state index contributed by atoms with van der Waals surface area (Å²) in [5.41, 5.74) is 8.59. The average molecular weight is 289 g/mol. The van der Waals surface area contributed by atoms with Crippen molar-refractivity contribution in [3.8, 4) is 5.75 Å². The lowest BCUT2D eigenvalue weighted by Gasteiger charge is -2.20. The highest BCUT2D eigenvalue weighted by Gasteiger charge is 2.20. The van der Waals surface area contributed by atoms with Crippen molar-refractivity contribution in [2.75, 3.05) is 7.11 Å². The van der Waals surface area contributed by atoms with Crippen LogP contribution in [0.2, 0.25) is 0 Å². The van der Waals surface area contributed by atoms with E-state index >= 15 is 0 Å². The fraction of sp³-hybridized carbons (Fsp3) is 0.471. The third-order valence-corrected chi connectivity index (χ3v) is 3.63. The first-order chi connectivity index (χ1) is 10.2. The normalized spacial score (nSPS) is 13.6. The van der Waals surface area contributed by atoms with E-state index in [1.807, 2.05) is 6.07 Å². The molecule has 4 nitrogen and oxygen atoms in total. The molecule has 0 radical (unpaired) electrons. The Kier molecular flexibility index (Phi) is 7.37. The monoisotopic (exact) mass is 289 g/mol. The molecule has 0 aromatic heterocycles. The molecule has 1 rings (SSSR count). The molecule has 1 unspecified atom stereocenters. The average Bonchev–Trinajstić information content (AvgIpc) is 2.50. The molecule has 1 aromatic rings. The predicted molar refractivity (Wildman–Crippen MR) is 89.6 cm³/mol. The van der Waals surface area contributed by atoms with E-state index in [2.05, 4.69) is 31.1 Å². The second kappa shape index (κ2) is 9.06. The van der Waals surface area contributed by atoms with Crippen LogP contribution in [0.15, 0.2) is 35.6 Å². The molecule has 0 bridgehead atoms. The summed E-state index contributed by atoms with van der Waals surface area (Å²) in [6.07, 6.45) is 7.73. The number of ether oxygens (including phenoxy) is 1. The SMILES string of the molecule is CCCCCC(C(/C=C/N)=N/N)c1ccc(C)cc1OC. The van der Waals surface area contributed by atoms with Crippen LogP contribution in [0.25, 0.3) is 0 Å². The Morgan fingerprint density at radius 1 is 1.38 bits per heavy atom. The van der Waals surface area contributed by atoms with Gasteiger partial charge in [0.15, 0.2) is 0 Å². The van der Waals surface area contributed by atoms with Crippen molar-refractivity contribution < 1.29 is 4.74 Å². The summed E-state index contributed by atoms with van der Waals surface area (Å²) < 4.78 is 5.54. The van der Waals surface area contributed by atoms with Crippen molar-refractivity contribution >= 4 is 5.71 Å². The second-order valence-electron chi connectivity index (χ2n) is 5.21. The van der Waals surface area contributed by atoms with Gasteiger partial charge in [0.1, 0.15) is 5.75 Å². The first-order valence-electron chi connectivity index (χ1n) is 7.48. The van der Waals surface area contributed by atoms with Crippen LogP contribution in [-0.4, -0.2) is 12.8 Å². The summed E-state index contributed by atoms with van der Waals surface area (Å²) in [5.74, 6) is 6.55. The van der Waals surface area contributed by atoms with Gasteiger partial charge in [0.05, 0.1) is 12.8 Å². The maximum absolute atomic E-state index is 5.56. The van der Waals surface area contributed by atoms with Gasteiger partial charge in [0.25, 0.3) is 0 Å². The van der Waals surface area contributed by atoms with Crippen LogP contribution >= 0.6 is 0 Å². The number of unbranched alkanes of at least 4 members (excludes halogenated alkanes) is 2. The van der Waals surface area contributed by atoms with Gasteiger partial charge < -0.3 is 16.3 Å². The molecule has 1 atom stereocenters. The van der Waals surface area contributed by atoms with Gasteiger partial charge in [-0.15, -0.1) is 0 Å². The molecule has 0 spiro atoms. The van der Waals surface area contributed by atoms with Crippen LogP contribution in [-0.2, 0) is 0 Å². The highest BCUT2D eigenvalue weighted by Crippen LogP contribution is 2.32. The number of hydrazone groups is 1. The van der Waals surface area contributed by atoms with Crippen molar-refractivity contribution in [1.82, 2.24) is 0 Å². The zero-order valence-electron chi connectivity index (χ0n) is 13.3. The minimum Gasteiger partial charge on any atom is -0.496 e. The number of hydrogen-bond donors (Lipinski definition) is 2. The number of nitrogens with two attached hydrogens (primary N) is 2. The zero-order chi connectivity index (χ0) is 15.7. The van der Waals surface area contributed by atoms with Gasteiger partial charge in [0.2, 0.25) is 0 Å². The Hall–Kier alpha value is -1.97. The summed E-state index contributed by atoms with van der Waals surface area (Å²) in [5, 5.41) is 3.93. The summed E-state index contributed by atoms with van der Waals surface area (Å²) in [4.78, 5) is 0. The number of benzene rings is 1. The molecule has 0 aliphatic carbocycles. The molecule has 0 aliphatic heterocycles. The fourth-order valence-electron chi connectivity index (χ4n) is 2.52. The lowest BCUT2D eigenvalue weighted by atomic mass is 9.87. The lowest BCUT2D eigenvalue weighted by Crippen LogP contribution is -2.14. The molecule has 4 N–H and O–H groups in total. The van der Waals surface area contributed by atoms with Gasteiger partial charge >= 0.3 is 0 Å². The molecule has 0 heterocycles. The van der Waals surface area contributed by atoms with Crippen LogP contribution in [0.5, 0.6) is 5.75 Å². The first kappa shape index (κ1) is 17.1. The van der Waals surface area contributed by atoms with Gasteiger partial charge in [-0.1, -0.05) is 38.3 Å². The van der Waals surface area contributed by atoms with Crippen molar-refractivity contribution in [3.05, 3.63) is 41.6 Å². The van der Waals surface area contributed by atoms with E-state index in [1.165, 1.54) is 24.6 Å². The first-order valence-corrected chi connectivity index (χ1v) is 7.48. The van der Waals surface area contributed by atoms with Gasteiger partial charge in [-0.2, -0.15) is 5.10 Å². The predicted octanol–water partition coefficient (Wildman–Crippen LogP) is 3.45. The van der Waals surface area contributed by atoms with Crippen molar-refractivity contribution in [2.45, 2.75) is 45.4 Å². The van der Waals surface area contributed by atoms with Gasteiger partial charge in [-0.25, -0.2) is 0 Å². The summed E-state index contributed by atoms with van der Waals surface area (Å²) in [6.45, 7) is 4.25. The molecule has 0 saturated carbocycles. The molecule has 0 fully saturated rings. The topological polar surface area (TPSA) is 73.6 Å². The Labute approximate surface area is 127 Å². The Morgan fingerprint density at radius 3 is 2.71 bits per heavy atom. The molecule has 0 saturated heterocycles. The van der Waals surface area contributed by atoms with E-state index in [4.69, 9.17) is 16.3 Å². The smallest absolute Gasteiger partial charge is 0.122 e. The number of hydrogen-bond acceptors (Lipinski definition) is 4. The maximum atomic E-state index is 5.56. The second-order valence-corrected chi connectivity index (χ2v) is 5.21. The molecule has 4 heteroatoms. The fourth-order valence-corrected chi connectivity index (χ4v) is 2.52. The maximum Gasteiger partial charge on any atom is 0.122 e. The lowest BCUT2D eigenvalue weighted by molar-refractivity contribution is 0.407. The molecule has 21 heavy (non-hydrogen) atoms. The molecule has 0 aliphatic rings. The van der Waals surface area contributed by atoms with Crippen LogP contribution in [0.4, 0.5) is 0 Å². The van der Waals surface area contributed by atoms with E-state index in [-0.39, 0.29) is 5.92 Å². The van der Waals surface area contributed by atoms with E-state index in [9.17, 15) is 0 Å². The number of allylic oxidation sites excluding steroid dienone is 1. The Balaban J connectivity index is 3.16. The highest BCUT2D eigenvalue weighted by atomic mass is 16.5. The van der Waals surface area contributed by atoms with Crippen LogP contribution in [0.1, 0.15) is 49.7 Å². The standard InChI is InChI=1S/C17H27N3O/c1-4-5-6-7-14(16(20-19)10-11-18)15-9-8-13(2)12-17(15)21-3/h8-12,14H,4-7,18-19H2,1-3H3/b11-10+,20-16+. The minimum absolute atomic E-state index is 0.108. The third-order valence-electron chi connectivity index (χ3n) is 3.63. The number of aryl methyl sites for hydroxylation is 1. The number of rotatable bonds is 8. The summed E-state index contributed by atoms with van der Waals surface area (Å²) in [7, 11) is 1.69. The molecular weight excluding hydrogens is 262 g/mol. The van der Waals surface area contributed by atoms with Crippen LogP contribution in [0, 0.1) is 6.92 Å². The Bertz CT molecular complexity index is 495.